The molecular weight excluding hydrogens is 394 g/mol. The van der Waals surface area contributed by atoms with E-state index in [2.05, 4.69) is 20.2 Å². The van der Waals surface area contributed by atoms with Crippen LogP contribution in [0.25, 0.3) is 28.3 Å². The lowest BCUT2D eigenvalue weighted by Gasteiger charge is -2.15. The zero-order valence-electron chi connectivity index (χ0n) is 13.2. The van der Waals surface area contributed by atoms with E-state index in [1.807, 2.05) is 0 Å². The molecule has 0 aromatic carbocycles. The van der Waals surface area contributed by atoms with E-state index in [4.69, 9.17) is 4.42 Å². The Bertz CT molecular complexity index is 1250. The lowest BCUT2D eigenvalue weighted by molar-refractivity contribution is -0.144. The van der Waals surface area contributed by atoms with Gasteiger partial charge >= 0.3 is 12.4 Å². The summed E-state index contributed by atoms with van der Waals surface area (Å²) >= 11 is 0. The Balaban J connectivity index is 2.19. The monoisotopic (exact) mass is 398 g/mol. The van der Waals surface area contributed by atoms with Crippen molar-refractivity contribution >= 4 is 16.7 Å². The summed E-state index contributed by atoms with van der Waals surface area (Å²) in [6, 6.07) is 2.44. The normalized spacial score (nSPS) is 12.6. The van der Waals surface area contributed by atoms with Crippen LogP contribution in [-0.2, 0) is 12.4 Å². The van der Waals surface area contributed by atoms with E-state index in [1.54, 1.807) is 6.07 Å². The second kappa shape index (κ2) is 5.65. The average molecular weight is 398 g/mol. The van der Waals surface area contributed by atoms with Crippen LogP contribution in [0, 0.1) is 11.3 Å². The second-order valence-electron chi connectivity index (χ2n) is 5.52. The lowest BCUT2D eigenvalue weighted by atomic mass is 10.0. The van der Waals surface area contributed by atoms with Gasteiger partial charge in [-0.15, -0.1) is 10.2 Å². The first kappa shape index (κ1) is 17.7. The first-order valence-electron chi connectivity index (χ1n) is 7.27. The van der Waals surface area contributed by atoms with E-state index in [0.717, 1.165) is 23.1 Å². The van der Waals surface area contributed by atoms with Gasteiger partial charge in [0.1, 0.15) is 28.8 Å². The Labute approximate surface area is 149 Å². The summed E-state index contributed by atoms with van der Waals surface area (Å²) in [6.45, 7) is 0. The molecule has 0 bridgehead atoms. The highest BCUT2D eigenvalue weighted by atomic mass is 19.4. The number of nitrogens with zero attached hydrogens (tertiary/aromatic N) is 6. The summed E-state index contributed by atoms with van der Waals surface area (Å²) in [6.07, 6.45) is -8.23. The number of imidazole rings is 1. The highest BCUT2D eigenvalue weighted by Crippen LogP contribution is 2.40. The maximum atomic E-state index is 13.5. The zero-order valence-corrected chi connectivity index (χ0v) is 13.2. The number of nitriles is 1. The van der Waals surface area contributed by atoms with Crippen LogP contribution >= 0.6 is 0 Å². The van der Waals surface area contributed by atoms with Gasteiger partial charge in [0.2, 0.25) is 6.39 Å². The van der Waals surface area contributed by atoms with Gasteiger partial charge in [-0.25, -0.2) is 9.97 Å². The van der Waals surface area contributed by atoms with Gasteiger partial charge < -0.3 is 4.42 Å². The number of halogens is 6. The highest BCUT2D eigenvalue weighted by molar-refractivity contribution is 5.89. The number of fused-ring (bicyclic) bond motifs is 3. The van der Waals surface area contributed by atoms with Gasteiger partial charge in [-0.1, -0.05) is 0 Å². The van der Waals surface area contributed by atoms with Crippen LogP contribution in [-0.4, -0.2) is 24.6 Å². The summed E-state index contributed by atoms with van der Waals surface area (Å²) in [4.78, 5) is 7.34. The summed E-state index contributed by atoms with van der Waals surface area (Å²) in [5.74, 6) is -0.113. The third-order valence-electron chi connectivity index (χ3n) is 3.80. The minimum Gasteiger partial charge on any atom is -0.422 e. The van der Waals surface area contributed by atoms with E-state index >= 15 is 0 Å². The quantitative estimate of drug-likeness (QED) is 0.453. The molecule has 0 amide bonds. The molecule has 0 unspecified atom stereocenters. The first-order valence-corrected chi connectivity index (χ1v) is 7.27. The number of pyridine rings is 2. The van der Waals surface area contributed by atoms with Crippen LogP contribution in [0.15, 0.2) is 29.1 Å². The second-order valence-corrected chi connectivity index (χ2v) is 5.52. The molecule has 0 aliphatic rings. The minimum atomic E-state index is -5.16. The van der Waals surface area contributed by atoms with Crippen LogP contribution in [0.1, 0.15) is 16.8 Å². The number of rotatable bonds is 1. The molecular formula is C15H4F6N6O. The van der Waals surface area contributed by atoms with Crippen molar-refractivity contribution in [2.45, 2.75) is 12.4 Å². The van der Waals surface area contributed by atoms with Crippen molar-refractivity contribution in [2.75, 3.05) is 0 Å². The maximum Gasteiger partial charge on any atom is 0.433 e. The number of hydrogen-bond donors (Lipinski definition) is 0. The molecule has 4 rings (SSSR count). The molecule has 28 heavy (non-hydrogen) atoms. The Kier molecular flexibility index (Phi) is 3.57. The molecule has 0 aliphatic carbocycles. The van der Waals surface area contributed by atoms with Crippen LogP contribution < -0.4 is 0 Å². The molecule has 0 aliphatic heterocycles. The van der Waals surface area contributed by atoms with Crippen LogP contribution in [0.5, 0.6) is 0 Å². The Morgan fingerprint density at radius 3 is 2.36 bits per heavy atom. The molecule has 13 heteroatoms. The van der Waals surface area contributed by atoms with E-state index < -0.39 is 40.2 Å². The number of alkyl halides is 6. The SMILES string of the molecule is N#Cc1cc2nc(-c3nnco3)cn2c2nc(C(F)(F)F)cc(C(F)(F)F)c12. The standard InChI is InChI=1S/C15H4F6N6O/c16-14(17,18)7-2-9(15(19,20)21)25-12-11(7)6(3-22)1-10-24-8(4-27(10)12)13-26-23-5-28-13/h1-2,4-5H. The van der Waals surface area contributed by atoms with E-state index in [9.17, 15) is 31.6 Å². The molecule has 0 radical (unpaired) electrons. The molecule has 0 fully saturated rings. The van der Waals surface area contributed by atoms with Gasteiger partial charge in [0, 0.05) is 11.6 Å². The largest absolute Gasteiger partial charge is 0.433 e. The molecule has 4 aromatic rings. The molecule has 4 aromatic heterocycles. The number of hydrogen-bond acceptors (Lipinski definition) is 6. The van der Waals surface area contributed by atoms with E-state index in [0.29, 0.717) is 0 Å². The molecule has 0 atom stereocenters. The summed E-state index contributed by atoms with van der Waals surface area (Å²) < 4.78 is 85.7. The van der Waals surface area contributed by atoms with Crippen LogP contribution in [0.3, 0.4) is 0 Å². The molecule has 4 heterocycles. The molecule has 0 saturated carbocycles. The Morgan fingerprint density at radius 1 is 1.04 bits per heavy atom. The fraction of sp³-hybridized carbons (Fsp3) is 0.133. The van der Waals surface area contributed by atoms with Gasteiger partial charge in [-0.05, 0) is 12.1 Å². The third-order valence-corrected chi connectivity index (χ3v) is 3.80. The van der Waals surface area contributed by atoms with Crippen molar-refractivity contribution in [3.8, 4) is 17.7 Å². The summed E-state index contributed by atoms with van der Waals surface area (Å²) in [5, 5.41) is 15.5. The van der Waals surface area contributed by atoms with Gasteiger partial charge in [0.15, 0.2) is 0 Å². The minimum absolute atomic E-state index is 0.0124. The fourth-order valence-electron chi connectivity index (χ4n) is 2.68. The Morgan fingerprint density at radius 2 is 1.79 bits per heavy atom. The zero-order chi connectivity index (χ0) is 20.3. The van der Waals surface area contributed by atoms with E-state index in [1.165, 1.54) is 0 Å². The van der Waals surface area contributed by atoms with Gasteiger partial charge in [-0.2, -0.15) is 31.6 Å². The average Bonchev–Trinajstić information content (AvgIpc) is 3.27. The molecule has 0 spiro atoms. The highest BCUT2D eigenvalue weighted by Gasteiger charge is 2.40. The topological polar surface area (TPSA) is 92.9 Å². The Hall–Kier alpha value is -3.69. The predicted octanol–water partition coefficient (Wildman–Crippen LogP) is 3.84. The molecule has 0 N–H and O–H groups in total. The number of aromatic nitrogens is 5. The predicted molar refractivity (Wildman–Crippen MR) is 78.5 cm³/mol. The maximum absolute atomic E-state index is 13.5. The van der Waals surface area contributed by atoms with Gasteiger partial charge in [-0.3, -0.25) is 4.40 Å². The summed E-state index contributed by atoms with van der Waals surface area (Å²) in [7, 11) is 0. The first-order chi connectivity index (χ1) is 13.1. The smallest absolute Gasteiger partial charge is 0.422 e. The molecule has 7 nitrogen and oxygen atoms in total. The summed E-state index contributed by atoms with van der Waals surface area (Å²) in [5.41, 5.74) is -4.76. The fourth-order valence-corrected chi connectivity index (χ4v) is 2.68. The van der Waals surface area contributed by atoms with Gasteiger partial charge in [0.05, 0.1) is 11.1 Å². The van der Waals surface area contributed by atoms with Crippen molar-refractivity contribution < 1.29 is 30.8 Å². The van der Waals surface area contributed by atoms with Crippen molar-refractivity contribution in [3.63, 3.8) is 0 Å². The molecule has 142 valence electrons. The third kappa shape index (κ3) is 2.70. The lowest BCUT2D eigenvalue weighted by Crippen LogP contribution is -2.15. The van der Waals surface area contributed by atoms with Crippen molar-refractivity contribution in [1.29, 1.82) is 5.26 Å². The van der Waals surface area contributed by atoms with E-state index in [-0.39, 0.29) is 23.3 Å². The van der Waals surface area contributed by atoms with Crippen LogP contribution in [0.4, 0.5) is 26.3 Å². The van der Waals surface area contributed by atoms with Gasteiger partial charge in [0.25, 0.3) is 5.89 Å². The van der Waals surface area contributed by atoms with Crippen molar-refractivity contribution in [3.05, 3.63) is 41.5 Å². The van der Waals surface area contributed by atoms with Crippen molar-refractivity contribution in [2.24, 2.45) is 0 Å². The van der Waals surface area contributed by atoms with Crippen molar-refractivity contribution in [1.82, 2.24) is 24.6 Å². The molecule has 0 saturated heterocycles. The van der Waals surface area contributed by atoms with Crippen LogP contribution in [0.2, 0.25) is 0 Å².